The normalized spacial score (nSPS) is 13.3. The van der Waals surface area contributed by atoms with E-state index in [-0.39, 0.29) is 12.3 Å². The van der Waals surface area contributed by atoms with Gasteiger partial charge in [0.15, 0.2) is 22.7 Å². The first-order valence-corrected chi connectivity index (χ1v) is 10.2. The molecule has 0 atom stereocenters. The fourth-order valence-corrected chi connectivity index (χ4v) is 3.67. The highest BCUT2D eigenvalue weighted by Crippen LogP contribution is 2.37. The van der Waals surface area contributed by atoms with Crippen molar-refractivity contribution in [2.24, 2.45) is 14.1 Å². The monoisotopic (exact) mass is 447 g/mol. The van der Waals surface area contributed by atoms with Crippen molar-refractivity contribution in [2.75, 3.05) is 18.5 Å². The average molecular weight is 448 g/mol. The topological polar surface area (TPSA) is 109 Å². The van der Waals surface area contributed by atoms with Gasteiger partial charge in [0.25, 0.3) is 5.56 Å². The number of amides is 1. The summed E-state index contributed by atoms with van der Waals surface area (Å²) in [4.78, 5) is 41.1. The van der Waals surface area contributed by atoms with Crippen molar-refractivity contribution in [3.05, 3.63) is 44.3 Å². The molecule has 11 heteroatoms. The van der Waals surface area contributed by atoms with Gasteiger partial charge in [-0.15, -0.1) is 0 Å². The third kappa shape index (κ3) is 4.02. The van der Waals surface area contributed by atoms with Crippen LogP contribution in [-0.4, -0.2) is 37.8 Å². The third-order valence-electron chi connectivity index (χ3n) is 5.13. The molecule has 2 aromatic heterocycles. The summed E-state index contributed by atoms with van der Waals surface area (Å²) in [6.45, 7) is 1.48. The maximum Gasteiger partial charge on any atom is 0.332 e. The summed E-state index contributed by atoms with van der Waals surface area (Å²) in [5, 5.41) is 3.16. The van der Waals surface area contributed by atoms with E-state index >= 15 is 0 Å². The summed E-state index contributed by atoms with van der Waals surface area (Å²) >= 11 is 6.27. The smallest absolute Gasteiger partial charge is 0.332 e. The number of fused-ring (bicyclic) bond motifs is 2. The van der Waals surface area contributed by atoms with Crippen LogP contribution in [0, 0.1) is 0 Å². The second kappa shape index (κ2) is 8.46. The van der Waals surface area contributed by atoms with Crippen LogP contribution in [0.5, 0.6) is 11.5 Å². The molecule has 0 aliphatic carbocycles. The molecule has 4 rings (SSSR count). The largest absolute Gasteiger partial charge is 0.490 e. The third-order valence-corrected chi connectivity index (χ3v) is 5.44. The Morgan fingerprint density at radius 3 is 2.61 bits per heavy atom. The summed E-state index contributed by atoms with van der Waals surface area (Å²) in [6, 6.07) is 3.30. The van der Waals surface area contributed by atoms with E-state index in [4.69, 9.17) is 21.1 Å². The Balaban J connectivity index is 1.43. The van der Waals surface area contributed by atoms with Gasteiger partial charge < -0.3 is 19.4 Å². The maximum absolute atomic E-state index is 12.5. The van der Waals surface area contributed by atoms with E-state index in [9.17, 15) is 14.4 Å². The minimum Gasteiger partial charge on any atom is -0.490 e. The van der Waals surface area contributed by atoms with Crippen LogP contribution in [0.1, 0.15) is 19.3 Å². The summed E-state index contributed by atoms with van der Waals surface area (Å²) in [5.74, 6) is 0.883. The summed E-state index contributed by atoms with van der Waals surface area (Å²) in [7, 11) is 2.99. The first-order valence-electron chi connectivity index (χ1n) is 9.86. The lowest BCUT2D eigenvalue weighted by Crippen LogP contribution is -2.37. The van der Waals surface area contributed by atoms with Crippen LogP contribution in [0.2, 0.25) is 5.02 Å². The zero-order chi connectivity index (χ0) is 22.1. The van der Waals surface area contributed by atoms with Gasteiger partial charge in [0.2, 0.25) is 5.91 Å². The lowest BCUT2D eigenvalue weighted by atomic mass is 10.2. The van der Waals surface area contributed by atoms with Crippen LogP contribution in [0.15, 0.2) is 28.0 Å². The van der Waals surface area contributed by atoms with Crippen molar-refractivity contribution in [3.63, 3.8) is 0 Å². The Bertz CT molecular complexity index is 1280. The Morgan fingerprint density at radius 2 is 1.87 bits per heavy atom. The number of halogens is 1. The predicted octanol–water partition coefficient (Wildman–Crippen LogP) is 1.67. The van der Waals surface area contributed by atoms with Crippen molar-refractivity contribution < 1.29 is 14.3 Å². The molecule has 0 spiro atoms. The first kappa shape index (κ1) is 21.0. The van der Waals surface area contributed by atoms with Crippen LogP contribution >= 0.6 is 11.6 Å². The zero-order valence-corrected chi connectivity index (χ0v) is 17.9. The summed E-state index contributed by atoms with van der Waals surface area (Å²) in [6.07, 6.45) is 2.94. The van der Waals surface area contributed by atoms with Gasteiger partial charge in [-0.25, -0.2) is 9.78 Å². The van der Waals surface area contributed by atoms with Gasteiger partial charge in [0.05, 0.1) is 30.3 Å². The van der Waals surface area contributed by atoms with Crippen molar-refractivity contribution in [1.29, 1.82) is 0 Å². The second-order valence-electron chi connectivity index (χ2n) is 7.30. The Labute approximate surface area is 182 Å². The van der Waals surface area contributed by atoms with Crippen LogP contribution in [0.25, 0.3) is 11.2 Å². The van der Waals surface area contributed by atoms with Crippen LogP contribution in [-0.2, 0) is 25.4 Å². The van der Waals surface area contributed by atoms with E-state index in [0.717, 1.165) is 11.0 Å². The number of nitrogens with one attached hydrogen (secondary N) is 1. The van der Waals surface area contributed by atoms with E-state index in [2.05, 4.69) is 10.3 Å². The molecule has 1 aliphatic heterocycles. The van der Waals surface area contributed by atoms with Crippen LogP contribution < -0.4 is 26.0 Å². The molecule has 0 saturated carbocycles. The molecule has 0 fully saturated rings. The Morgan fingerprint density at radius 1 is 1.16 bits per heavy atom. The molecule has 1 N–H and O–H groups in total. The summed E-state index contributed by atoms with van der Waals surface area (Å²) in [5.41, 5.74) is 0.244. The molecule has 31 heavy (non-hydrogen) atoms. The Kier molecular flexibility index (Phi) is 5.73. The second-order valence-corrected chi connectivity index (χ2v) is 7.70. The number of ether oxygens (including phenoxy) is 2. The molecule has 0 saturated heterocycles. The number of rotatable bonds is 5. The van der Waals surface area contributed by atoms with Gasteiger partial charge in [0, 0.05) is 45.6 Å². The number of carbonyl (C=O) groups excluding carboxylic acids is 1. The lowest BCUT2D eigenvalue weighted by Gasteiger charge is -2.12. The SMILES string of the molecule is Cn1c(=O)c2c(ncn2CCCC(=O)Nc2cc3c(cc2Cl)OCCCO3)n(C)c1=O. The van der Waals surface area contributed by atoms with Crippen molar-refractivity contribution in [3.8, 4) is 11.5 Å². The minimum absolute atomic E-state index is 0.205. The quantitative estimate of drug-likeness (QED) is 0.637. The van der Waals surface area contributed by atoms with Crippen LogP contribution in [0.4, 0.5) is 5.69 Å². The molecule has 10 nitrogen and oxygen atoms in total. The van der Waals surface area contributed by atoms with Gasteiger partial charge in [-0.2, -0.15) is 0 Å². The number of aromatic nitrogens is 4. The number of anilines is 1. The van der Waals surface area contributed by atoms with Gasteiger partial charge in [0.1, 0.15) is 0 Å². The van der Waals surface area contributed by atoms with Gasteiger partial charge in [-0.3, -0.25) is 18.7 Å². The molecule has 1 amide bonds. The van der Waals surface area contributed by atoms with Crippen molar-refractivity contribution >= 4 is 34.4 Å². The van der Waals surface area contributed by atoms with E-state index in [1.165, 1.54) is 17.9 Å². The number of hydrogen-bond donors (Lipinski definition) is 1. The van der Waals surface area contributed by atoms with Gasteiger partial charge in [-0.1, -0.05) is 11.6 Å². The molecule has 0 bridgehead atoms. The highest BCUT2D eigenvalue weighted by molar-refractivity contribution is 6.34. The fraction of sp³-hybridized carbons (Fsp3) is 0.400. The minimum atomic E-state index is -0.436. The van der Waals surface area contributed by atoms with Crippen molar-refractivity contribution in [1.82, 2.24) is 18.7 Å². The number of carbonyl (C=O) groups is 1. The van der Waals surface area contributed by atoms with E-state index in [1.807, 2.05) is 0 Å². The predicted molar refractivity (Wildman–Crippen MR) is 115 cm³/mol. The molecule has 1 aliphatic rings. The molecule has 1 aromatic carbocycles. The highest BCUT2D eigenvalue weighted by atomic mass is 35.5. The van der Waals surface area contributed by atoms with Gasteiger partial charge in [-0.05, 0) is 6.42 Å². The molecule has 0 radical (unpaired) electrons. The number of benzene rings is 1. The fourth-order valence-electron chi connectivity index (χ4n) is 3.47. The molecule has 3 heterocycles. The standard InChI is InChI=1S/C20H22ClN5O5/c1-24-18-17(19(28)25(2)20(24)29)26(11-22-18)6-3-5-16(27)23-13-10-15-14(9-12(13)21)30-7-4-8-31-15/h9-11H,3-8H2,1-2H3,(H,23,27). The summed E-state index contributed by atoms with van der Waals surface area (Å²) < 4.78 is 15.2. The van der Waals surface area contributed by atoms with E-state index < -0.39 is 11.2 Å². The zero-order valence-electron chi connectivity index (χ0n) is 17.2. The number of imidazole rings is 1. The molecular formula is C20H22ClN5O5. The molecule has 164 valence electrons. The number of nitrogens with zero attached hydrogens (tertiary/aromatic N) is 4. The van der Waals surface area contributed by atoms with E-state index in [0.29, 0.717) is 59.6 Å². The number of hydrogen-bond acceptors (Lipinski definition) is 6. The van der Waals surface area contributed by atoms with Gasteiger partial charge >= 0.3 is 5.69 Å². The maximum atomic E-state index is 12.5. The first-order chi connectivity index (χ1) is 14.9. The number of aryl methyl sites for hydroxylation is 2. The Hall–Kier alpha value is -3.27. The highest BCUT2D eigenvalue weighted by Gasteiger charge is 2.17. The lowest BCUT2D eigenvalue weighted by molar-refractivity contribution is -0.116. The molecule has 0 unspecified atom stereocenters. The van der Waals surface area contributed by atoms with Crippen LogP contribution in [0.3, 0.4) is 0 Å². The van der Waals surface area contributed by atoms with E-state index in [1.54, 1.807) is 23.7 Å². The molecule has 3 aromatic rings. The van der Waals surface area contributed by atoms with Crippen molar-refractivity contribution in [2.45, 2.75) is 25.8 Å². The average Bonchev–Trinajstić information content (AvgIpc) is 3.04. The molecular weight excluding hydrogens is 426 g/mol.